The van der Waals surface area contributed by atoms with Gasteiger partial charge in [-0.1, -0.05) is 0 Å². The Labute approximate surface area is 117 Å². The Morgan fingerprint density at radius 1 is 1.17 bits per heavy atom. The summed E-state index contributed by atoms with van der Waals surface area (Å²) >= 11 is 2.19. The molecule has 94 valence electrons. The molecular weight excluding hydrogens is 349 g/mol. The lowest BCUT2D eigenvalue weighted by atomic mass is 10.2. The third kappa shape index (κ3) is 2.55. The summed E-state index contributed by atoms with van der Waals surface area (Å²) in [5, 5.41) is 2.83. The van der Waals surface area contributed by atoms with Gasteiger partial charge in [0.05, 0.1) is 5.69 Å². The molecule has 2 rings (SSSR count). The second-order valence-corrected chi connectivity index (χ2v) is 5.16. The Balaban J connectivity index is 2.43. The number of anilines is 3. The highest BCUT2D eigenvalue weighted by atomic mass is 127. The zero-order chi connectivity index (χ0) is 13.3. The zero-order valence-electron chi connectivity index (χ0n) is 9.60. The topological polar surface area (TPSA) is 38.0 Å². The molecule has 18 heavy (non-hydrogen) atoms. The minimum Gasteiger partial charge on any atom is -0.397 e. The summed E-state index contributed by atoms with van der Waals surface area (Å²) in [5.41, 5.74) is 7.43. The molecule has 0 saturated carbocycles. The van der Waals surface area contributed by atoms with Crippen molar-refractivity contribution in [3.8, 4) is 0 Å². The molecule has 0 fully saturated rings. The molecule has 3 N–H and O–H groups in total. The molecule has 0 amide bonds. The number of nitrogen functional groups attached to an aromatic ring is 1. The van der Waals surface area contributed by atoms with Gasteiger partial charge in [0, 0.05) is 9.26 Å². The fraction of sp³-hybridized carbons (Fsp3) is 0.0769. The first-order valence-electron chi connectivity index (χ1n) is 5.25. The molecule has 0 atom stereocenters. The molecule has 2 aromatic carbocycles. The van der Waals surface area contributed by atoms with Gasteiger partial charge in [-0.05, 0) is 65.4 Å². The predicted octanol–water partition coefficient (Wildman–Crippen LogP) is 4.20. The minimum atomic E-state index is -0.965. The Kier molecular flexibility index (Phi) is 3.70. The van der Waals surface area contributed by atoms with Crippen LogP contribution in [0.5, 0.6) is 0 Å². The molecule has 0 saturated heterocycles. The van der Waals surface area contributed by atoms with Gasteiger partial charge < -0.3 is 11.1 Å². The number of benzene rings is 2. The first-order chi connectivity index (χ1) is 8.49. The highest BCUT2D eigenvalue weighted by Gasteiger charge is 2.12. The molecule has 0 bridgehead atoms. The van der Waals surface area contributed by atoms with Crippen molar-refractivity contribution >= 4 is 39.7 Å². The lowest BCUT2D eigenvalue weighted by Gasteiger charge is -2.13. The lowest BCUT2D eigenvalue weighted by Crippen LogP contribution is -2.02. The van der Waals surface area contributed by atoms with Gasteiger partial charge in [-0.25, -0.2) is 8.78 Å². The monoisotopic (exact) mass is 360 g/mol. The van der Waals surface area contributed by atoms with Gasteiger partial charge in [-0.3, -0.25) is 0 Å². The van der Waals surface area contributed by atoms with E-state index in [4.69, 9.17) is 5.73 Å². The number of aryl methyl sites for hydroxylation is 1. The van der Waals surface area contributed by atoms with Crippen LogP contribution in [0.1, 0.15) is 5.56 Å². The van der Waals surface area contributed by atoms with E-state index in [2.05, 4.69) is 27.9 Å². The van der Waals surface area contributed by atoms with Crippen LogP contribution in [0.2, 0.25) is 0 Å². The van der Waals surface area contributed by atoms with Gasteiger partial charge in [-0.15, -0.1) is 0 Å². The van der Waals surface area contributed by atoms with E-state index in [9.17, 15) is 8.78 Å². The second-order valence-electron chi connectivity index (χ2n) is 3.91. The molecule has 0 aliphatic heterocycles. The van der Waals surface area contributed by atoms with E-state index in [0.717, 1.165) is 15.2 Å². The van der Waals surface area contributed by atoms with Crippen molar-refractivity contribution in [1.29, 1.82) is 0 Å². The van der Waals surface area contributed by atoms with Crippen molar-refractivity contribution in [3.05, 3.63) is 51.1 Å². The van der Waals surface area contributed by atoms with Crippen LogP contribution in [-0.4, -0.2) is 0 Å². The number of nitrogens with two attached hydrogens (primary N) is 1. The number of rotatable bonds is 2. The molecule has 0 spiro atoms. The van der Waals surface area contributed by atoms with Gasteiger partial charge in [-0.2, -0.15) is 0 Å². The van der Waals surface area contributed by atoms with Crippen LogP contribution in [0, 0.1) is 22.1 Å². The quantitative estimate of drug-likeness (QED) is 0.622. The first-order valence-corrected chi connectivity index (χ1v) is 6.33. The second kappa shape index (κ2) is 5.09. The van der Waals surface area contributed by atoms with Crippen LogP contribution in [0.4, 0.5) is 25.8 Å². The summed E-state index contributed by atoms with van der Waals surface area (Å²) < 4.78 is 27.9. The van der Waals surface area contributed by atoms with Crippen LogP contribution in [0.3, 0.4) is 0 Å². The molecule has 2 nitrogen and oxygen atoms in total. The molecule has 0 radical (unpaired) electrons. The Morgan fingerprint density at radius 3 is 2.56 bits per heavy atom. The van der Waals surface area contributed by atoms with E-state index in [1.165, 1.54) is 6.07 Å². The van der Waals surface area contributed by atoms with E-state index in [0.29, 0.717) is 5.69 Å². The fourth-order valence-electron chi connectivity index (χ4n) is 1.59. The smallest absolute Gasteiger partial charge is 0.184 e. The van der Waals surface area contributed by atoms with Crippen molar-refractivity contribution < 1.29 is 8.78 Å². The molecule has 5 heteroatoms. The summed E-state index contributed by atoms with van der Waals surface area (Å²) in [4.78, 5) is 0. The molecule has 0 aromatic heterocycles. The first kappa shape index (κ1) is 13.1. The molecular formula is C13H11F2IN2. The van der Waals surface area contributed by atoms with E-state index >= 15 is 0 Å². The van der Waals surface area contributed by atoms with E-state index in [1.54, 1.807) is 6.07 Å². The average Bonchev–Trinajstić information content (AvgIpc) is 2.32. The van der Waals surface area contributed by atoms with Crippen LogP contribution in [-0.2, 0) is 0 Å². The highest BCUT2D eigenvalue weighted by Crippen LogP contribution is 2.29. The van der Waals surface area contributed by atoms with Crippen LogP contribution >= 0.6 is 22.6 Å². The number of nitrogens with one attached hydrogen (secondary N) is 1. The summed E-state index contributed by atoms with van der Waals surface area (Å²) in [6, 6.07) is 7.97. The summed E-state index contributed by atoms with van der Waals surface area (Å²) in [7, 11) is 0. The molecule has 0 unspecified atom stereocenters. The largest absolute Gasteiger partial charge is 0.397 e. The third-order valence-corrected chi connectivity index (χ3v) is 3.25. The van der Waals surface area contributed by atoms with Crippen molar-refractivity contribution in [2.75, 3.05) is 11.1 Å². The van der Waals surface area contributed by atoms with Gasteiger partial charge in [0.2, 0.25) is 0 Å². The Bertz CT molecular complexity index is 600. The van der Waals surface area contributed by atoms with Crippen molar-refractivity contribution in [2.24, 2.45) is 0 Å². The Hall–Kier alpha value is -1.37. The highest BCUT2D eigenvalue weighted by molar-refractivity contribution is 14.1. The van der Waals surface area contributed by atoms with Gasteiger partial charge >= 0.3 is 0 Å². The van der Waals surface area contributed by atoms with Crippen molar-refractivity contribution in [2.45, 2.75) is 6.92 Å². The average molecular weight is 360 g/mol. The summed E-state index contributed by atoms with van der Waals surface area (Å²) in [5.74, 6) is -1.89. The number of hydrogen-bond acceptors (Lipinski definition) is 2. The normalized spacial score (nSPS) is 10.4. The van der Waals surface area contributed by atoms with E-state index < -0.39 is 11.6 Å². The molecule has 0 heterocycles. The maximum atomic E-state index is 13.6. The maximum absolute atomic E-state index is 13.6. The minimum absolute atomic E-state index is 0.0284. The maximum Gasteiger partial charge on any atom is 0.184 e. The van der Waals surface area contributed by atoms with Crippen LogP contribution < -0.4 is 11.1 Å². The SMILES string of the molecule is Cc1cc(I)ccc1Nc1c(N)ccc(F)c1F. The van der Waals surface area contributed by atoms with Crippen molar-refractivity contribution in [3.63, 3.8) is 0 Å². The van der Waals surface area contributed by atoms with Gasteiger partial charge in [0.25, 0.3) is 0 Å². The fourth-order valence-corrected chi connectivity index (χ4v) is 2.24. The third-order valence-electron chi connectivity index (χ3n) is 2.58. The number of halogens is 3. The van der Waals surface area contributed by atoms with E-state index in [1.807, 2.05) is 19.1 Å². The summed E-state index contributed by atoms with van der Waals surface area (Å²) in [6.07, 6.45) is 0. The predicted molar refractivity (Wildman–Crippen MR) is 77.9 cm³/mol. The standard InChI is InChI=1S/C13H11F2IN2/c1-7-6-8(16)2-5-11(7)18-13-10(17)4-3-9(14)12(13)15/h2-6,18H,17H2,1H3. The molecule has 2 aromatic rings. The van der Waals surface area contributed by atoms with E-state index in [-0.39, 0.29) is 11.4 Å². The molecule has 0 aliphatic rings. The number of hydrogen-bond donors (Lipinski definition) is 2. The lowest BCUT2D eigenvalue weighted by molar-refractivity contribution is 0.512. The van der Waals surface area contributed by atoms with Crippen LogP contribution in [0.25, 0.3) is 0 Å². The Morgan fingerprint density at radius 2 is 1.89 bits per heavy atom. The van der Waals surface area contributed by atoms with Gasteiger partial charge in [0.1, 0.15) is 5.69 Å². The molecule has 0 aliphatic carbocycles. The van der Waals surface area contributed by atoms with Crippen LogP contribution in [0.15, 0.2) is 30.3 Å². The summed E-state index contributed by atoms with van der Waals surface area (Å²) in [6.45, 7) is 1.89. The van der Waals surface area contributed by atoms with Gasteiger partial charge in [0.15, 0.2) is 11.6 Å². The zero-order valence-corrected chi connectivity index (χ0v) is 11.8. The van der Waals surface area contributed by atoms with Crippen molar-refractivity contribution in [1.82, 2.24) is 0 Å².